The molecular formula is C10H13ClN2O2. The Morgan fingerprint density at radius 3 is 2.60 bits per heavy atom. The van der Waals surface area contributed by atoms with E-state index in [0.717, 1.165) is 0 Å². The van der Waals surface area contributed by atoms with Crippen molar-refractivity contribution in [2.24, 2.45) is 0 Å². The maximum Gasteiger partial charge on any atom is 0.339 e. The van der Waals surface area contributed by atoms with Crippen molar-refractivity contribution in [2.75, 3.05) is 5.32 Å². The van der Waals surface area contributed by atoms with Crippen LogP contribution in [0.2, 0.25) is 5.15 Å². The summed E-state index contributed by atoms with van der Waals surface area (Å²) in [4.78, 5) is 14.6. The van der Waals surface area contributed by atoms with E-state index in [1.54, 1.807) is 0 Å². The second-order valence-electron chi connectivity index (χ2n) is 4.23. The molecule has 0 aliphatic rings. The van der Waals surface area contributed by atoms with Crippen molar-refractivity contribution in [3.63, 3.8) is 0 Å². The normalized spacial score (nSPS) is 11.2. The van der Waals surface area contributed by atoms with Gasteiger partial charge in [0.15, 0.2) is 0 Å². The summed E-state index contributed by atoms with van der Waals surface area (Å²) in [6, 6.07) is 1.51. The van der Waals surface area contributed by atoms with E-state index >= 15 is 0 Å². The van der Waals surface area contributed by atoms with Crippen LogP contribution in [0.25, 0.3) is 0 Å². The molecule has 1 aromatic heterocycles. The van der Waals surface area contributed by atoms with Gasteiger partial charge < -0.3 is 10.4 Å². The van der Waals surface area contributed by atoms with Gasteiger partial charge in [-0.25, -0.2) is 9.78 Å². The minimum absolute atomic E-state index is 0.120. The van der Waals surface area contributed by atoms with Gasteiger partial charge in [-0.1, -0.05) is 11.6 Å². The van der Waals surface area contributed by atoms with Gasteiger partial charge in [0.2, 0.25) is 0 Å². The third-order valence-corrected chi connectivity index (χ3v) is 1.82. The molecule has 0 saturated carbocycles. The Bertz CT molecular complexity index is 385. The van der Waals surface area contributed by atoms with Crippen LogP contribution in [0.3, 0.4) is 0 Å². The molecule has 4 nitrogen and oxygen atoms in total. The maximum atomic E-state index is 10.9. The molecule has 0 radical (unpaired) electrons. The number of pyridine rings is 1. The summed E-state index contributed by atoms with van der Waals surface area (Å²) < 4.78 is 0. The van der Waals surface area contributed by atoms with Crippen LogP contribution in [0.4, 0.5) is 5.69 Å². The molecule has 0 atom stereocenters. The number of carboxylic acid groups (broad SMARTS) is 1. The summed E-state index contributed by atoms with van der Waals surface area (Å²) in [6.45, 7) is 5.81. The van der Waals surface area contributed by atoms with E-state index in [0.29, 0.717) is 5.69 Å². The van der Waals surface area contributed by atoms with Crippen LogP contribution in [-0.4, -0.2) is 21.6 Å². The number of hydrogen-bond donors (Lipinski definition) is 2. The molecule has 1 heterocycles. The van der Waals surface area contributed by atoms with Crippen LogP contribution in [0.15, 0.2) is 12.3 Å². The lowest BCUT2D eigenvalue weighted by Gasteiger charge is -2.23. The number of carbonyl (C=O) groups is 1. The molecule has 1 rings (SSSR count). The molecule has 15 heavy (non-hydrogen) atoms. The number of anilines is 1. The first-order valence-corrected chi connectivity index (χ1v) is 4.84. The summed E-state index contributed by atoms with van der Waals surface area (Å²) >= 11 is 5.71. The van der Waals surface area contributed by atoms with Crippen LogP contribution >= 0.6 is 11.6 Å². The van der Waals surface area contributed by atoms with Crippen molar-refractivity contribution in [3.8, 4) is 0 Å². The topological polar surface area (TPSA) is 62.2 Å². The zero-order valence-electron chi connectivity index (χ0n) is 8.84. The minimum atomic E-state index is -1.02. The number of hydrogen-bond acceptors (Lipinski definition) is 3. The fourth-order valence-electron chi connectivity index (χ4n) is 1.11. The van der Waals surface area contributed by atoms with Crippen molar-refractivity contribution < 1.29 is 9.90 Å². The van der Waals surface area contributed by atoms with Crippen molar-refractivity contribution in [1.82, 2.24) is 4.98 Å². The first-order valence-electron chi connectivity index (χ1n) is 4.46. The van der Waals surface area contributed by atoms with Crippen molar-refractivity contribution in [1.29, 1.82) is 0 Å². The monoisotopic (exact) mass is 228 g/mol. The molecule has 0 aromatic carbocycles. The summed E-state index contributed by atoms with van der Waals surface area (Å²) in [5, 5.41) is 12.3. The first kappa shape index (κ1) is 11.8. The second-order valence-corrected chi connectivity index (χ2v) is 4.62. The molecule has 0 unspecified atom stereocenters. The Balaban J connectivity index is 3.13. The first-order chi connectivity index (χ1) is 6.79. The number of nitrogens with zero attached hydrogens (tertiary/aromatic N) is 1. The fourth-order valence-corrected chi connectivity index (χ4v) is 1.27. The highest BCUT2D eigenvalue weighted by atomic mass is 35.5. The van der Waals surface area contributed by atoms with Crippen LogP contribution < -0.4 is 5.32 Å². The quantitative estimate of drug-likeness (QED) is 0.764. The Hall–Kier alpha value is -1.29. The molecule has 0 spiro atoms. The van der Waals surface area contributed by atoms with Gasteiger partial charge >= 0.3 is 5.97 Å². The van der Waals surface area contributed by atoms with Gasteiger partial charge in [0.05, 0.1) is 5.69 Å². The second kappa shape index (κ2) is 4.06. The zero-order chi connectivity index (χ0) is 11.6. The fraction of sp³-hybridized carbons (Fsp3) is 0.400. The predicted octanol–water partition coefficient (Wildman–Crippen LogP) is 2.64. The van der Waals surface area contributed by atoms with E-state index in [9.17, 15) is 4.79 Å². The van der Waals surface area contributed by atoms with Gasteiger partial charge in [-0.3, -0.25) is 0 Å². The maximum absolute atomic E-state index is 10.9. The summed E-state index contributed by atoms with van der Waals surface area (Å²) in [6.07, 6.45) is 1.25. The van der Waals surface area contributed by atoms with Crippen LogP contribution in [0.5, 0.6) is 0 Å². The van der Waals surface area contributed by atoms with Gasteiger partial charge in [0.1, 0.15) is 10.7 Å². The summed E-state index contributed by atoms with van der Waals surface area (Å²) in [5.41, 5.74) is 0.374. The number of aromatic carboxylic acids is 1. The number of carboxylic acids is 1. The van der Waals surface area contributed by atoms with E-state index < -0.39 is 5.97 Å². The third-order valence-electron chi connectivity index (χ3n) is 1.61. The third kappa shape index (κ3) is 3.40. The highest BCUT2D eigenvalue weighted by molar-refractivity contribution is 6.29. The molecule has 0 bridgehead atoms. The van der Waals surface area contributed by atoms with Gasteiger partial charge in [-0.2, -0.15) is 0 Å². The van der Waals surface area contributed by atoms with E-state index in [2.05, 4.69) is 10.3 Å². The molecule has 0 amide bonds. The molecule has 0 saturated heterocycles. The standard InChI is InChI=1S/C10H13ClN2O2/c1-10(2,3)13-7-4-8(11)12-5-6(7)9(14)15/h4-5H,1-3H3,(H,12,13)(H,14,15). The van der Waals surface area contributed by atoms with E-state index in [4.69, 9.17) is 16.7 Å². The van der Waals surface area contributed by atoms with Gasteiger partial charge in [-0.15, -0.1) is 0 Å². The summed E-state index contributed by atoms with van der Waals surface area (Å²) in [7, 11) is 0. The number of rotatable bonds is 2. The van der Waals surface area contributed by atoms with Crippen LogP contribution in [0, 0.1) is 0 Å². The SMILES string of the molecule is CC(C)(C)Nc1cc(Cl)ncc1C(=O)O. The molecular weight excluding hydrogens is 216 g/mol. The van der Waals surface area contributed by atoms with Crippen LogP contribution in [-0.2, 0) is 0 Å². The van der Waals surface area contributed by atoms with E-state index in [1.165, 1.54) is 12.3 Å². The van der Waals surface area contributed by atoms with Crippen LogP contribution in [0.1, 0.15) is 31.1 Å². The molecule has 5 heteroatoms. The molecule has 0 fully saturated rings. The highest BCUT2D eigenvalue weighted by Crippen LogP contribution is 2.22. The van der Waals surface area contributed by atoms with Crippen molar-refractivity contribution >= 4 is 23.3 Å². The van der Waals surface area contributed by atoms with Crippen molar-refractivity contribution in [3.05, 3.63) is 23.0 Å². The molecule has 1 aromatic rings. The average Bonchev–Trinajstić information content (AvgIpc) is 1.99. The van der Waals surface area contributed by atoms with Crippen molar-refractivity contribution in [2.45, 2.75) is 26.3 Å². The number of nitrogens with one attached hydrogen (secondary N) is 1. The molecule has 2 N–H and O–H groups in total. The summed E-state index contributed by atoms with van der Waals surface area (Å²) in [5.74, 6) is -1.02. The smallest absolute Gasteiger partial charge is 0.339 e. The highest BCUT2D eigenvalue weighted by Gasteiger charge is 2.16. The van der Waals surface area contributed by atoms with E-state index in [-0.39, 0.29) is 16.3 Å². The lowest BCUT2D eigenvalue weighted by molar-refractivity contribution is 0.0697. The Morgan fingerprint density at radius 2 is 2.13 bits per heavy atom. The number of halogens is 1. The zero-order valence-corrected chi connectivity index (χ0v) is 9.59. The van der Waals surface area contributed by atoms with E-state index in [1.807, 2.05) is 20.8 Å². The predicted molar refractivity (Wildman–Crippen MR) is 59.6 cm³/mol. The molecule has 82 valence electrons. The minimum Gasteiger partial charge on any atom is -0.478 e. The largest absolute Gasteiger partial charge is 0.478 e. The van der Waals surface area contributed by atoms with Gasteiger partial charge in [-0.05, 0) is 26.8 Å². The lowest BCUT2D eigenvalue weighted by Crippen LogP contribution is -2.27. The molecule has 0 aliphatic carbocycles. The Labute approximate surface area is 93.3 Å². The number of aromatic nitrogens is 1. The lowest BCUT2D eigenvalue weighted by atomic mass is 10.1. The molecule has 0 aliphatic heterocycles. The van der Waals surface area contributed by atoms with Gasteiger partial charge in [0.25, 0.3) is 0 Å². The van der Waals surface area contributed by atoms with Gasteiger partial charge in [0, 0.05) is 11.7 Å². The Morgan fingerprint density at radius 1 is 1.53 bits per heavy atom. The Kier molecular flexibility index (Phi) is 3.19. The average molecular weight is 229 g/mol.